The number of fused-ring (bicyclic) bond motifs is 1. The number of aromatic carboxylic acids is 1. The molecule has 0 saturated carbocycles. The molecule has 5 heteroatoms. The lowest BCUT2D eigenvalue weighted by atomic mass is 10.1. The predicted molar refractivity (Wildman–Crippen MR) is 69.2 cm³/mol. The van der Waals surface area contributed by atoms with Gasteiger partial charge in [-0.2, -0.15) is 0 Å². The van der Waals surface area contributed by atoms with Crippen LogP contribution in [0.15, 0.2) is 39.6 Å². The molecule has 5 nitrogen and oxygen atoms in total. The Morgan fingerprint density at radius 2 is 2.11 bits per heavy atom. The Morgan fingerprint density at radius 1 is 1.32 bits per heavy atom. The number of carboxylic acid groups (broad SMARTS) is 1. The average Bonchev–Trinajstić information content (AvgIpc) is 2.39. The lowest BCUT2D eigenvalue weighted by molar-refractivity contribution is -0.107. The third kappa shape index (κ3) is 2.77. The van der Waals surface area contributed by atoms with E-state index < -0.39 is 11.4 Å². The van der Waals surface area contributed by atoms with Gasteiger partial charge in [0.2, 0.25) is 5.76 Å². The molecule has 0 bridgehead atoms. The van der Waals surface area contributed by atoms with Crippen LogP contribution in [0, 0.1) is 0 Å². The molecule has 0 amide bonds. The van der Waals surface area contributed by atoms with Gasteiger partial charge in [0, 0.05) is 12.5 Å². The highest BCUT2D eigenvalue weighted by Gasteiger charge is 2.10. The molecular formula is C14H10O5. The Labute approximate surface area is 107 Å². The topological polar surface area (TPSA) is 84.6 Å². The van der Waals surface area contributed by atoms with Crippen LogP contribution < -0.4 is 5.43 Å². The highest BCUT2D eigenvalue weighted by Crippen LogP contribution is 2.15. The lowest BCUT2D eigenvalue weighted by Gasteiger charge is -2.00. The second-order valence-corrected chi connectivity index (χ2v) is 3.84. The second-order valence-electron chi connectivity index (χ2n) is 3.84. The van der Waals surface area contributed by atoms with E-state index in [-0.39, 0.29) is 11.3 Å². The van der Waals surface area contributed by atoms with E-state index in [1.807, 2.05) is 0 Å². The molecule has 0 aliphatic rings. The van der Waals surface area contributed by atoms with Crippen LogP contribution >= 0.6 is 0 Å². The first-order valence-corrected chi connectivity index (χ1v) is 5.53. The molecule has 0 atom stereocenters. The number of benzene rings is 1. The zero-order valence-corrected chi connectivity index (χ0v) is 9.83. The summed E-state index contributed by atoms with van der Waals surface area (Å²) >= 11 is 0. The summed E-state index contributed by atoms with van der Waals surface area (Å²) in [5.41, 5.74) is 0.548. The van der Waals surface area contributed by atoms with Crippen LogP contribution in [-0.2, 0) is 4.79 Å². The third-order valence-electron chi connectivity index (χ3n) is 2.50. The maximum absolute atomic E-state index is 11.8. The summed E-state index contributed by atoms with van der Waals surface area (Å²) < 4.78 is 5.10. The minimum absolute atomic E-state index is 0.220. The second kappa shape index (κ2) is 5.30. The van der Waals surface area contributed by atoms with Gasteiger partial charge in [0.05, 0.1) is 5.39 Å². The number of hydrogen-bond acceptors (Lipinski definition) is 4. The van der Waals surface area contributed by atoms with E-state index in [0.29, 0.717) is 11.8 Å². The van der Waals surface area contributed by atoms with Crippen LogP contribution in [0.2, 0.25) is 0 Å². The molecule has 0 aliphatic carbocycles. The van der Waals surface area contributed by atoms with Gasteiger partial charge in [-0.3, -0.25) is 4.79 Å². The average molecular weight is 258 g/mol. The Balaban J connectivity index is 2.52. The van der Waals surface area contributed by atoms with Gasteiger partial charge in [0.1, 0.15) is 11.9 Å². The quantitative estimate of drug-likeness (QED) is 0.849. The van der Waals surface area contributed by atoms with E-state index in [9.17, 15) is 14.4 Å². The van der Waals surface area contributed by atoms with Gasteiger partial charge in [0.15, 0.2) is 5.43 Å². The van der Waals surface area contributed by atoms with Gasteiger partial charge in [-0.1, -0.05) is 18.2 Å². The summed E-state index contributed by atoms with van der Waals surface area (Å²) in [5, 5.41) is 9.09. The first-order valence-electron chi connectivity index (χ1n) is 5.53. The predicted octanol–water partition coefficient (Wildman–Crippen LogP) is 2.09. The molecule has 1 aromatic heterocycles. The molecule has 0 saturated heterocycles. The number of rotatable bonds is 4. The molecule has 0 spiro atoms. The summed E-state index contributed by atoms with van der Waals surface area (Å²) in [6, 6.07) is 5.75. The van der Waals surface area contributed by atoms with Gasteiger partial charge in [-0.25, -0.2) is 4.79 Å². The van der Waals surface area contributed by atoms with E-state index in [4.69, 9.17) is 9.52 Å². The number of carbonyl (C=O) groups is 2. The van der Waals surface area contributed by atoms with Crippen molar-refractivity contribution < 1.29 is 19.1 Å². The molecule has 0 unspecified atom stereocenters. The summed E-state index contributed by atoms with van der Waals surface area (Å²) in [5.74, 6) is -1.67. The van der Waals surface area contributed by atoms with Crippen molar-refractivity contribution in [3.05, 3.63) is 51.9 Å². The Morgan fingerprint density at radius 3 is 2.79 bits per heavy atom. The number of carboxylic acids is 1. The fourth-order valence-corrected chi connectivity index (χ4v) is 1.64. The smallest absolute Gasteiger partial charge is 0.371 e. The van der Waals surface area contributed by atoms with E-state index >= 15 is 0 Å². The summed E-state index contributed by atoms with van der Waals surface area (Å²) in [6.45, 7) is 0. The van der Waals surface area contributed by atoms with Gasteiger partial charge < -0.3 is 14.3 Å². The first-order chi connectivity index (χ1) is 9.11. The van der Waals surface area contributed by atoms with Gasteiger partial charge in [-0.15, -0.1) is 0 Å². The number of allylic oxidation sites excluding steroid dienone is 1. The first kappa shape index (κ1) is 12.8. The highest BCUT2D eigenvalue weighted by atomic mass is 16.4. The Bertz CT molecular complexity index is 724. The van der Waals surface area contributed by atoms with Crippen molar-refractivity contribution in [2.24, 2.45) is 0 Å². The molecular weight excluding hydrogens is 248 g/mol. The van der Waals surface area contributed by atoms with Crippen LogP contribution in [0.4, 0.5) is 0 Å². The van der Waals surface area contributed by atoms with Crippen molar-refractivity contribution in [1.29, 1.82) is 0 Å². The molecule has 0 fully saturated rings. The molecule has 19 heavy (non-hydrogen) atoms. The minimum atomic E-state index is -1.28. The van der Waals surface area contributed by atoms with Crippen LogP contribution in [0.25, 0.3) is 17.0 Å². The SMILES string of the molecule is O=CCC=Cc1ccc2oc(C(=O)O)cc(=O)c2c1. The van der Waals surface area contributed by atoms with Crippen molar-refractivity contribution in [3.8, 4) is 0 Å². The number of aldehydes is 1. The highest BCUT2D eigenvalue weighted by molar-refractivity contribution is 5.88. The van der Waals surface area contributed by atoms with Crippen molar-refractivity contribution >= 4 is 29.3 Å². The third-order valence-corrected chi connectivity index (χ3v) is 2.50. The van der Waals surface area contributed by atoms with E-state index in [2.05, 4.69) is 0 Å². The normalized spacial score (nSPS) is 10.9. The summed E-state index contributed by atoms with van der Waals surface area (Å²) in [4.78, 5) is 32.7. The van der Waals surface area contributed by atoms with E-state index in [1.165, 1.54) is 6.07 Å². The molecule has 2 aromatic rings. The van der Waals surface area contributed by atoms with Crippen LogP contribution in [0.1, 0.15) is 22.5 Å². The molecule has 1 N–H and O–H groups in total. The fraction of sp³-hybridized carbons (Fsp3) is 0.0714. The molecule has 0 aliphatic heterocycles. The zero-order chi connectivity index (χ0) is 13.8. The van der Waals surface area contributed by atoms with Gasteiger partial charge >= 0.3 is 5.97 Å². The Kier molecular flexibility index (Phi) is 3.56. The van der Waals surface area contributed by atoms with Crippen LogP contribution in [0.3, 0.4) is 0 Å². The van der Waals surface area contributed by atoms with Crippen molar-refractivity contribution in [2.45, 2.75) is 6.42 Å². The van der Waals surface area contributed by atoms with Crippen molar-refractivity contribution in [2.75, 3.05) is 0 Å². The fourth-order valence-electron chi connectivity index (χ4n) is 1.64. The standard InChI is InChI=1S/C14H10O5/c15-6-2-1-3-9-4-5-12-10(7-9)11(16)8-13(19-12)14(17)18/h1,3-8H,2H2,(H,17,18). The van der Waals surface area contributed by atoms with E-state index in [1.54, 1.807) is 24.3 Å². The largest absolute Gasteiger partial charge is 0.475 e. The minimum Gasteiger partial charge on any atom is -0.475 e. The van der Waals surface area contributed by atoms with Crippen LogP contribution in [-0.4, -0.2) is 17.4 Å². The van der Waals surface area contributed by atoms with Gasteiger partial charge in [-0.05, 0) is 17.7 Å². The van der Waals surface area contributed by atoms with Crippen molar-refractivity contribution in [1.82, 2.24) is 0 Å². The van der Waals surface area contributed by atoms with Crippen LogP contribution in [0.5, 0.6) is 0 Å². The number of carbonyl (C=O) groups excluding carboxylic acids is 1. The molecule has 2 rings (SSSR count). The number of hydrogen-bond donors (Lipinski definition) is 1. The monoisotopic (exact) mass is 258 g/mol. The van der Waals surface area contributed by atoms with E-state index in [0.717, 1.165) is 17.9 Å². The van der Waals surface area contributed by atoms with Crippen molar-refractivity contribution in [3.63, 3.8) is 0 Å². The molecule has 1 heterocycles. The lowest BCUT2D eigenvalue weighted by Crippen LogP contribution is -2.06. The summed E-state index contributed by atoms with van der Waals surface area (Å²) in [6.07, 6.45) is 4.44. The zero-order valence-electron chi connectivity index (χ0n) is 9.83. The summed E-state index contributed by atoms with van der Waals surface area (Å²) in [7, 11) is 0. The molecule has 0 radical (unpaired) electrons. The molecule has 1 aromatic carbocycles. The maximum Gasteiger partial charge on any atom is 0.371 e. The Hall–Kier alpha value is -2.69. The maximum atomic E-state index is 11.8. The molecule has 96 valence electrons. The van der Waals surface area contributed by atoms with Gasteiger partial charge in [0.25, 0.3) is 0 Å².